The number of carboxylic acids is 2. The SMILES string of the molecule is Cl.Cl.NCCCC[C@H](N)C(=O)[O-].NCCCC[C@H](N)C(=O)[O-].O.O.[Zn+2]. The summed E-state index contributed by atoms with van der Waals surface area (Å²) in [6.45, 7) is 1.17. The summed E-state index contributed by atoms with van der Waals surface area (Å²) in [7, 11) is 0. The van der Waals surface area contributed by atoms with Crippen molar-refractivity contribution in [2.75, 3.05) is 13.1 Å². The van der Waals surface area contributed by atoms with Gasteiger partial charge in [-0.3, -0.25) is 0 Å². The second-order valence-electron chi connectivity index (χ2n) is 4.42. The molecule has 0 aliphatic rings. The first-order valence-corrected chi connectivity index (χ1v) is 6.69. The van der Waals surface area contributed by atoms with Crippen LogP contribution in [0.2, 0.25) is 0 Å². The first kappa shape index (κ1) is 44.4. The maximum Gasteiger partial charge on any atom is 2.00 e. The van der Waals surface area contributed by atoms with Crippen LogP contribution >= 0.6 is 24.8 Å². The summed E-state index contributed by atoms with van der Waals surface area (Å²) >= 11 is 0. The second-order valence-corrected chi connectivity index (χ2v) is 4.42. The van der Waals surface area contributed by atoms with E-state index in [4.69, 9.17) is 22.9 Å². The number of nitrogens with two attached hydrogens (primary N) is 4. The minimum absolute atomic E-state index is 0. The van der Waals surface area contributed by atoms with Gasteiger partial charge in [0.15, 0.2) is 0 Å². The number of carbonyl (C=O) groups is 2. The van der Waals surface area contributed by atoms with Crippen LogP contribution in [0.5, 0.6) is 0 Å². The van der Waals surface area contributed by atoms with Gasteiger partial charge in [-0.2, -0.15) is 0 Å². The van der Waals surface area contributed by atoms with Crippen LogP contribution in [0.15, 0.2) is 0 Å². The predicted molar refractivity (Wildman–Crippen MR) is 93.5 cm³/mol. The van der Waals surface area contributed by atoms with Crippen LogP contribution < -0.4 is 33.1 Å². The van der Waals surface area contributed by atoms with Gasteiger partial charge < -0.3 is 53.7 Å². The molecule has 0 aliphatic carbocycles. The van der Waals surface area contributed by atoms with E-state index in [-0.39, 0.29) is 55.2 Å². The molecule has 0 bridgehead atoms. The van der Waals surface area contributed by atoms with Gasteiger partial charge in [-0.25, -0.2) is 0 Å². The fourth-order valence-electron chi connectivity index (χ4n) is 1.25. The van der Waals surface area contributed by atoms with Crippen molar-refractivity contribution in [3.8, 4) is 0 Å². The van der Waals surface area contributed by atoms with Crippen LogP contribution in [0.4, 0.5) is 0 Å². The molecule has 0 rings (SSSR count). The molecule has 10 nitrogen and oxygen atoms in total. The first-order chi connectivity index (χ1) is 9.36. The van der Waals surface area contributed by atoms with Gasteiger partial charge in [0.05, 0.1) is 11.9 Å². The van der Waals surface area contributed by atoms with Gasteiger partial charge in [0.2, 0.25) is 0 Å². The quantitative estimate of drug-likeness (QED) is 0.181. The molecule has 25 heavy (non-hydrogen) atoms. The molecule has 0 aromatic rings. The Morgan fingerprint density at radius 3 is 1.12 bits per heavy atom. The van der Waals surface area contributed by atoms with E-state index < -0.39 is 24.0 Å². The van der Waals surface area contributed by atoms with Crippen LogP contribution in [0.3, 0.4) is 0 Å². The molecule has 152 valence electrons. The van der Waals surface area contributed by atoms with Crippen molar-refractivity contribution in [3.05, 3.63) is 0 Å². The molecule has 0 heterocycles. The zero-order chi connectivity index (χ0) is 16.0. The number of halogens is 2. The Kier molecular flexibility index (Phi) is 56.2. The molecule has 0 spiro atoms. The van der Waals surface area contributed by atoms with Crippen molar-refractivity contribution in [3.63, 3.8) is 0 Å². The number of rotatable bonds is 10. The molecule has 12 N–H and O–H groups in total. The molecule has 0 fully saturated rings. The molecule has 0 aromatic carbocycles. The van der Waals surface area contributed by atoms with Gasteiger partial charge in [-0.15, -0.1) is 24.8 Å². The zero-order valence-corrected chi connectivity index (χ0v) is 18.9. The van der Waals surface area contributed by atoms with Crippen LogP contribution in [0.1, 0.15) is 38.5 Å². The normalized spacial score (nSPS) is 10.4. The van der Waals surface area contributed by atoms with E-state index in [9.17, 15) is 19.8 Å². The molecule has 0 saturated heterocycles. The summed E-state index contributed by atoms with van der Waals surface area (Å²) in [5.41, 5.74) is 20.7. The fourth-order valence-corrected chi connectivity index (χ4v) is 1.25. The number of hydrogen-bond acceptors (Lipinski definition) is 8. The Morgan fingerprint density at radius 1 is 0.720 bits per heavy atom. The largest absolute Gasteiger partial charge is 2.00 e. The minimum atomic E-state index is -1.18. The van der Waals surface area contributed by atoms with E-state index in [1.54, 1.807) is 0 Å². The van der Waals surface area contributed by atoms with Gasteiger partial charge in [-0.05, 0) is 38.8 Å². The van der Waals surface area contributed by atoms with Crippen molar-refractivity contribution in [1.29, 1.82) is 0 Å². The van der Waals surface area contributed by atoms with E-state index in [0.717, 1.165) is 25.7 Å². The average molecular weight is 465 g/mol. The third kappa shape index (κ3) is 35.8. The first-order valence-electron chi connectivity index (χ1n) is 6.69. The summed E-state index contributed by atoms with van der Waals surface area (Å²) in [5.74, 6) is -2.37. The minimum Gasteiger partial charge on any atom is -0.548 e. The van der Waals surface area contributed by atoms with Gasteiger partial charge >= 0.3 is 19.5 Å². The Balaban J connectivity index is -0.0000000432. The third-order valence-corrected chi connectivity index (χ3v) is 2.54. The topological polar surface area (TPSA) is 247 Å². The maximum absolute atomic E-state index is 10.0. The summed E-state index contributed by atoms with van der Waals surface area (Å²) in [5, 5.41) is 20.1. The smallest absolute Gasteiger partial charge is 0.548 e. The molecule has 0 aromatic heterocycles. The van der Waals surface area contributed by atoms with Gasteiger partial charge in [0.1, 0.15) is 0 Å². The van der Waals surface area contributed by atoms with Crippen molar-refractivity contribution in [2.24, 2.45) is 22.9 Å². The van der Waals surface area contributed by atoms with Crippen LogP contribution in [0.25, 0.3) is 0 Å². The van der Waals surface area contributed by atoms with Crippen molar-refractivity contribution in [2.45, 2.75) is 50.6 Å². The molecular weight excluding hydrogens is 432 g/mol. The third-order valence-electron chi connectivity index (χ3n) is 2.54. The van der Waals surface area contributed by atoms with Gasteiger partial charge in [-0.1, -0.05) is 12.8 Å². The van der Waals surface area contributed by atoms with Crippen LogP contribution in [-0.4, -0.2) is 48.1 Å². The molecule has 0 amide bonds. The van der Waals surface area contributed by atoms with E-state index in [0.29, 0.717) is 25.9 Å². The molecule has 0 saturated carbocycles. The van der Waals surface area contributed by atoms with Crippen molar-refractivity contribution < 1.29 is 50.2 Å². The zero-order valence-electron chi connectivity index (χ0n) is 14.3. The Bertz CT molecular complexity index is 258. The summed E-state index contributed by atoms with van der Waals surface area (Å²) in [6, 6.07) is -1.65. The molecule has 2 atom stereocenters. The Morgan fingerprint density at radius 2 is 0.960 bits per heavy atom. The number of unbranched alkanes of at least 4 members (excludes halogenated alkanes) is 2. The number of hydrogen-bond donors (Lipinski definition) is 4. The van der Waals surface area contributed by atoms with Crippen molar-refractivity contribution in [1.82, 2.24) is 0 Å². The van der Waals surface area contributed by atoms with E-state index >= 15 is 0 Å². The van der Waals surface area contributed by atoms with Crippen molar-refractivity contribution >= 4 is 36.8 Å². The van der Waals surface area contributed by atoms with E-state index in [2.05, 4.69) is 0 Å². The number of aliphatic carboxylic acids is 2. The Labute approximate surface area is 173 Å². The van der Waals surface area contributed by atoms with E-state index in [1.165, 1.54) is 0 Å². The number of carbonyl (C=O) groups excluding carboxylic acids is 2. The number of carboxylic acid groups (broad SMARTS) is 2. The van der Waals surface area contributed by atoms with Crippen LogP contribution in [0, 0.1) is 0 Å². The standard InChI is InChI=1S/2C6H14N2O2.2ClH.2H2O.Zn/c2*7-4-2-1-3-5(8)6(9)10;;;;;/h2*5H,1-4,7-8H2,(H,9,10);2*1H;2*1H2;/q;;;;;;+2/p-2/t2*5-;;;;;/m00...../s1. The monoisotopic (exact) mass is 462 g/mol. The second kappa shape index (κ2) is 31.7. The predicted octanol–water partition coefficient (Wildman–Crippen LogP) is -4.42. The molecule has 0 radical (unpaired) electrons. The van der Waals surface area contributed by atoms with Crippen LogP contribution in [-0.2, 0) is 29.1 Å². The molecule has 13 heteroatoms. The maximum atomic E-state index is 10.0. The average Bonchev–Trinajstić information content (AvgIpc) is 2.39. The van der Waals surface area contributed by atoms with Gasteiger partial charge in [0.25, 0.3) is 0 Å². The molecule has 0 unspecified atom stereocenters. The summed E-state index contributed by atoms with van der Waals surface area (Å²) in [6.07, 6.45) is 4.07. The van der Waals surface area contributed by atoms with E-state index in [1.807, 2.05) is 0 Å². The summed E-state index contributed by atoms with van der Waals surface area (Å²) in [4.78, 5) is 20.1. The van der Waals surface area contributed by atoms with Gasteiger partial charge in [0, 0.05) is 12.1 Å². The Hall–Kier alpha value is -0.0966. The summed E-state index contributed by atoms with van der Waals surface area (Å²) < 4.78 is 0. The fraction of sp³-hybridized carbons (Fsp3) is 0.833. The molecular formula is C12H32Cl2N4O6Zn. The molecule has 0 aliphatic heterocycles.